The van der Waals surface area contributed by atoms with Gasteiger partial charge in [-0.15, -0.1) is 0 Å². The van der Waals surface area contributed by atoms with Crippen LogP contribution < -0.4 is 0 Å². The van der Waals surface area contributed by atoms with Crippen molar-refractivity contribution in [3.05, 3.63) is 52.4 Å². The predicted molar refractivity (Wildman–Crippen MR) is 72.4 cm³/mol. The molecule has 100 valence electrons. The number of amides is 1. The number of phenols is 1. The van der Waals surface area contributed by atoms with Crippen LogP contribution >= 0.6 is 11.6 Å². The van der Waals surface area contributed by atoms with Crippen LogP contribution in [-0.4, -0.2) is 23.0 Å². The van der Waals surface area contributed by atoms with Crippen molar-refractivity contribution in [3.63, 3.8) is 0 Å². The number of aromatic hydroxyl groups is 1. The van der Waals surface area contributed by atoms with Crippen molar-refractivity contribution in [3.8, 4) is 5.75 Å². The molecular weight excluding hydrogens is 266 g/mol. The van der Waals surface area contributed by atoms with E-state index in [4.69, 9.17) is 16.0 Å². The number of hydrogen-bond donors (Lipinski definition) is 1. The minimum Gasteiger partial charge on any atom is -0.507 e. The Balaban J connectivity index is 2.19. The van der Waals surface area contributed by atoms with E-state index in [0.29, 0.717) is 11.6 Å². The highest BCUT2D eigenvalue weighted by Gasteiger charge is 2.17. The fourth-order valence-corrected chi connectivity index (χ4v) is 1.96. The van der Waals surface area contributed by atoms with E-state index in [1.165, 1.54) is 23.1 Å². The molecule has 0 saturated carbocycles. The summed E-state index contributed by atoms with van der Waals surface area (Å²) in [6, 6.07) is 6.22. The molecule has 1 aromatic heterocycles. The second-order valence-electron chi connectivity index (χ2n) is 4.32. The van der Waals surface area contributed by atoms with Crippen molar-refractivity contribution in [2.75, 3.05) is 7.05 Å². The maximum absolute atomic E-state index is 12.2. The van der Waals surface area contributed by atoms with Gasteiger partial charge in [0.05, 0.1) is 11.8 Å². The summed E-state index contributed by atoms with van der Waals surface area (Å²) >= 11 is 5.84. The average Bonchev–Trinajstić information content (AvgIpc) is 2.77. The van der Waals surface area contributed by atoms with Crippen LogP contribution in [0.5, 0.6) is 5.75 Å². The van der Waals surface area contributed by atoms with Gasteiger partial charge in [0.2, 0.25) is 0 Å². The quantitative estimate of drug-likeness (QED) is 0.938. The first-order chi connectivity index (χ1) is 8.99. The first-order valence-corrected chi connectivity index (χ1v) is 6.14. The lowest BCUT2D eigenvalue weighted by Gasteiger charge is -2.17. The molecule has 0 spiro atoms. The number of carbonyl (C=O) groups excluding carboxylic acids is 1. The van der Waals surface area contributed by atoms with E-state index in [2.05, 4.69) is 0 Å². The molecule has 1 heterocycles. The Kier molecular flexibility index (Phi) is 3.81. The molecule has 0 aliphatic rings. The number of benzene rings is 1. The van der Waals surface area contributed by atoms with Crippen molar-refractivity contribution in [2.45, 2.75) is 13.5 Å². The van der Waals surface area contributed by atoms with Gasteiger partial charge in [0.15, 0.2) is 0 Å². The normalized spacial score (nSPS) is 10.5. The molecule has 0 aliphatic heterocycles. The average molecular weight is 280 g/mol. The third kappa shape index (κ3) is 2.90. The fraction of sp³-hybridized carbons (Fsp3) is 0.214. The first kappa shape index (κ1) is 13.5. The monoisotopic (exact) mass is 279 g/mol. The maximum Gasteiger partial charge on any atom is 0.257 e. The van der Waals surface area contributed by atoms with Gasteiger partial charge < -0.3 is 14.4 Å². The van der Waals surface area contributed by atoms with Gasteiger partial charge in [-0.3, -0.25) is 4.79 Å². The van der Waals surface area contributed by atoms with Crippen LogP contribution in [0, 0.1) is 6.92 Å². The molecule has 0 atom stereocenters. The summed E-state index contributed by atoms with van der Waals surface area (Å²) in [6.45, 7) is 2.25. The summed E-state index contributed by atoms with van der Waals surface area (Å²) < 4.78 is 5.19. The minimum atomic E-state index is -0.291. The van der Waals surface area contributed by atoms with Gasteiger partial charge in [-0.1, -0.05) is 11.6 Å². The number of rotatable bonds is 3. The fourth-order valence-electron chi connectivity index (χ4n) is 1.79. The minimum absolute atomic E-state index is 0.0786. The molecular formula is C14H14ClNO3. The molecule has 0 fully saturated rings. The van der Waals surface area contributed by atoms with Crippen molar-refractivity contribution in [1.29, 1.82) is 0 Å². The lowest BCUT2D eigenvalue weighted by molar-refractivity contribution is 0.0781. The summed E-state index contributed by atoms with van der Waals surface area (Å²) in [5.41, 5.74) is 1.12. The van der Waals surface area contributed by atoms with E-state index in [0.717, 1.165) is 11.3 Å². The highest BCUT2D eigenvalue weighted by Crippen LogP contribution is 2.23. The summed E-state index contributed by atoms with van der Waals surface area (Å²) in [4.78, 5) is 13.7. The molecule has 1 amide bonds. The van der Waals surface area contributed by atoms with E-state index in [1.54, 1.807) is 13.3 Å². The molecule has 0 unspecified atom stereocenters. The molecule has 5 heteroatoms. The van der Waals surface area contributed by atoms with Gasteiger partial charge in [0, 0.05) is 24.2 Å². The van der Waals surface area contributed by atoms with Crippen molar-refractivity contribution in [2.24, 2.45) is 0 Å². The van der Waals surface area contributed by atoms with Crippen LogP contribution in [0.1, 0.15) is 21.7 Å². The molecule has 0 aliphatic carbocycles. The SMILES string of the molecule is Cc1occc1CN(C)C(=O)c1cc(Cl)ccc1O. The smallest absolute Gasteiger partial charge is 0.257 e. The van der Waals surface area contributed by atoms with E-state index in [-0.39, 0.29) is 17.2 Å². The Morgan fingerprint density at radius 1 is 1.42 bits per heavy atom. The van der Waals surface area contributed by atoms with E-state index >= 15 is 0 Å². The van der Waals surface area contributed by atoms with Gasteiger partial charge in [-0.05, 0) is 31.2 Å². The van der Waals surface area contributed by atoms with Crippen LogP contribution in [0.15, 0.2) is 34.9 Å². The highest BCUT2D eigenvalue weighted by atomic mass is 35.5. The summed E-state index contributed by atoms with van der Waals surface area (Å²) in [6.07, 6.45) is 1.58. The van der Waals surface area contributed by atoms with Crippen LogP contribution in [-0.2, 0) is 6.54 Å². The third-order valence-corrected chi connectivity index (χ3v) is 3.14. The highest BCUT2D eigenvalue weighted by molar-refractivity contribution is 6.31. The molecule has 4 nitrogen and oxygen atoms in total. The molecule has 0 saturated heterocycles. The van der Waals surface area contributed by atoms with E-state index in [9.17, 15) is 9.90 Å². The lowest BCUT2D eigenvalue weighted by Crippen LogP contribution is -2.26. The number of halogens is 1. The predicted octanol–water partition coefficient (Wildman–Crippen LogP) is 3.22. The number of aryl methyl sites for hydroxylation is 1. The van der Waals surface area contributed by atoms with E-state index < -0.39 is 0 Å². The summed E-state index contributed by atoms with van der Waals surface area (Å²) in [7, 11) is 1.66. The molecule has 19 heavy (non-hydrogen) atoms. The zero-order valence-electron chi connectivity index (χ0n) is 10.7. The molecule has 1 aromatic carbocycles. The standard InChI is InChI=1S/C14H14ClNO3/c1-9-10(5-6-19-9)8-16(2)14(18)12-7-11(15)3-4-13(12)17/h3-7,17H,8H2,1-2H3. The molecule has 0 radical (unpaired) electrons. The molecule has 2 aromatic rings. The Labute approximate surface area is 116 Å². The Hall–Kier alpha value is -1.94. The number of hydrogen-bond acceptors (Lipinski definition) is 3. The Morgan fingerprint density at radius 3 is 2.79 bits per heavy atom. The first-order valence-electron chi connectivity index (χ1n) is 5.76. The van der Waals surface area contributed by atoms with Gasteiger partial charge in [0.25, 0.3) is 5.91 Å². The number of furan rings is 1. The number of carbonyl (C=O) groups is 1. The topological polar surface area (TPSA) is 53.7 Å². The van der Waals surface area contributed by atoms with Crippen molar-refractivity contribution < 1.29 is 14.3 Å². The molecule has 1 N–H and O–H groups in total. The largest absolute Gasteiger partial charge is 0.507 e. The second kappa shape index (κ2) is 5.36. The Bertz CT molecular complexity index is 606. The third-order valence-electron chi connectivity index (χ3n) is 2.91. The van der Waals surface area contributed by atoms with Crippen LogP contribution in [0.3, 0.4) is 0 Å². The summed E-state index contributed by atoms with van der Waals surface area (Å²) in [5, 5.41) is 10.1. The lowest BCUT2D eigenvalue weighted by atomic mass is 10.1. The zero-order valence-corrected chi connectivity index (χ0v) is 11.4. The Morgan fingerprint density at radius 2 is 2.16 bits per heavy atom. The van der Waals surface area contributed by atoms with Gasteiger partial charge >= 0.3 is 0 Å². The van der Waals surface area contributed by atoms with Crippen LogP contribution in [0.2, 0.25) is 5.02 Å². The number of nitrogens with zero attached hydrogens (tertiary/aromatic N) is 1. The van der Waals surface area contributed by atoms with Crippen LogP contribution in [0.4, 0.5) is 0 Å². The molecule has 0 bridgehead atoms. The van der Waals surface area contributed by atoms with Crippen molar-refractivity contribution >= 4 is 17.5 Å². The van der Waals surface area contributed by atoms with Gasteiger partial charge in [-0.25, -0.2) is 0 Å². The number of phenolic OH excluding ortho intramolecular Hbond substituents is 1. The van der Waals surface area contributed by atoms with Gasteiger partial charge in [0.1, 0.15) is 11.5 Å². The maximum atomic E-state index is 12.2. The van der Waals surface area contributed by atoms with Crippen LogP contribution in [0.25, 0.3) is 0 Å². The van der Waals surface area contributed by atoms with Crippen molar-refractivity contribution in [1.82, 2.24) is 4.90 Å². The second-order valence-corrected chi connectivity index (χ2v) is 4.76. The molecule has 2 rings (SSSR count). The zero-order chi connectivity index (χ0) is 14.0. The van der Waals surface area contributed by atoms with Gasteiger partial charge in [-0.2, -0.15) is 0 Å². The summed E-state index contributed by atoms with van der Waals surface area (Å²) in [5.74, 6) is 0.403. The van der Waals surface area contributed by atoms with E-state index in [1.807, 2.05) is 13.0 Å².